The average Bonchev–Trinajstić information content (AvgIpc) is 3.30. The maximum Gasteiger partial charge on any atom is 0.239 e. The molecule has 1 amide bonds. The van der Waals surface area contributed by atoms with Gasteiger partial charge in [-0.1, -0.05) is 55.3 Å². The van der Waals surface area contributed by atoms with E-state index in [-0.39, 0.29) is 49.9 Å². The van der Waals surface area contributed by atoms with Crippen LogP contribution in [0.4, 0.5) is 0 Å². The zero-order valence-corrected chi connectivity index (χ0v) is 37.4. The highest BCUT2D eigenvalue weighted by Crippen LogP contribution is 2.62. The Morgan fingerprint density at radius 1 is 1.03 bits per heavy atom. The molecular formula is C51H67N3O9. The number of rotatable bonds is 22. The van der Waals surface area contributed by atoms with Crippen LogP contribution in [0.3, 0.4) is 0 Å². The van der Waals surface area contributed by atoms with Gasteiger partial charge in [-0.15, -0.1) is 6.58 Å². The van der Waals surface area contributed by atoms with E-state index in [1.54, 1.807) is 13.2 Å². The van der Waals surface area contributed by atoms with E-state index in [0.717, 1.165) is 78.7 Å². The third kappa shape index (κ3) is 10.8. The van der Waals surface area contributed by atoms with E-state index < -0.39 is 24.0 Å². The number of aliphatic hydroxyl groups excluding tert-OH is 2. The summed E-state index contributed by atoms with van der Waals surface area (Å²) in [5.41, 5.74) is 5.35. The molecule has 2 aliphatic carbocycles. The lowest BCUT2D eigenvalue weighted by molar-refractivity contribution is -0.257. The number of fused-ring (bicyclic) bond motifs is 2. The summed E-state index contributed by atoms with van der Waals surface area (Å²) in [5, 5.41) is 25.0. The molecular weight excluding hydrogens is 799 g/mol. The summed E-state index contributed by atoms with van der Waals surface area (Å²) in [5.74, 6) is 0.241. The topological polar surface area (TPSA) is 141 Å². The smallest absolute Gasteiger partial charge is 0.239 e. The second kappa shape index (κ2) is 22.2. The van der Waals surface area contributed by atoms with Crippen LogP contribution in [0.15, 0.2) is 90.1 Å². The number of carbonyl (C=O) groups excluding carboxylic acids is 1. The van der Waals surface area contributed by atoms with Crippen LogP contribution in [0.1, 0.15) is 106 Å². The molecule has 63 heavy (non-hydrogen) atoms. The molecule has 1 saturated heterocycles. The first-order valence-electron chi connectivity index (χ1n) is 23.2. The molecule has 12 nitrogen and oxygen atoms in total. The molecule has 0 bridgehead atoms. The standard InChI is InChI=1S/C51H67N3O9/c1-5-24-54(47(57)30-36-16-14-19-39(29-36)58-4)46-33-44(53-63-48-21-9-12-28-59-48)42-31-37(17-7-10-25-55)41(20-8-11-26-56)49-43-32-40(60-34-38-18-13-15-35(3)52-38)22-23-45(43)62-51(46,50(42)49)61-27-6-2/h6,13-16,18-19,22-23,29,31-32,37,41,46,48-50,55-56H,2,5,7-12,17,20-21,24-28,30,33-34H2,1,3-4H3. The number of ether oxygens (including phenoxy) is 5. The summed E-state index contributed by atoms with van der Waals surface area (Å²) in [6.45, 7) is 9.92. The number of aryl methyl sites for hydroxylation is 1. The number of nitrogens with zero attached hydrogens (tertiary/aromatic N) is 3. The Bertz CT molecular complexity index is 2050. The first-order chi connectivity index (χ1) is 30.8. The second-order valence-electron chi connectivity index (χ2n) is 17.3. The minimum atomic E-state index is -1.35. The molecule has 0 spiro atoms. The predicted molar refractivity (Wildman–Crippen MR) is 242 cm³/mol. The molecule has 2 fully saturated rings. The summed E-state index contributed by atoms with van der Waals surface area (Å²) in [6, 6.07) is 19.0. The lowest BCUT2D eigenvalue weighted by Gasteiger charge is -2.60. The van der Waals surface area contributed by atoms with Gasteiger partial charge in [0, 0.05) is 49.8 Å². The highest BCUT2D eigenvalue weighted by molar-refractivity contribution is 6.03. The number of methoxy groups -OCH3 is 1. The molecule has 0 radical (unpaired) electrons. The van der Waals surface area contributed by atoms with Crippen molar-refractivity contribution in [1.29, 1.82) is 0 Å². The predicted octanol–water partition coefficient (Wildman–Crippen LogP) is 8.62. The molecule has 3 heterocycles. The third-order valence-corrected chi connectivity index (χ3v) is 13.0. The van der Waals surface area contributed by atoms with Crippen LogP contribution in [0.5, 0.6) is 17.2 Å². The summed E-state index contributed by atoms with van der Waals surface area (Å²) in [7, 11) is 1.63. The zero-order chi connectivity index (χ0) is 44.2. The highest BCUT2D eigenvalue weighted by Gasteiger charge is 2.65. The Hall–Kier alpha value is -4.75. The van der Waals surface area contributed by atoms with Crippen molar-refractivity contribution in [1.82, 2.24) is 9.88 Å². The number of pyridine rings is 1. The zero-order valence-electron chi connectivity index (χ0n) is 37.4. The normalized spacial score (nSPS) is 25.5. The van der Waals surface area contributed by atoms with E-state index in [4.69, 9.17) is 33.7 Å². The Morgan fingerprint density at radius 3 is 2.60 bits per heavy atom. The van der Waals surface area contributed by atoms with Gasteiger partial charge in [-0.2, -0.15) is 0 Å². The minimum Gasteiger partial charge on any atom is -0.497 e. The van der Waals surface area contributed by atoms with Gasteiger partial charge in [-0.3, -0.25) is 9.78 Å². The molecule has 1 saturated carbocycles. The molecule has 7 atom stereocenters. The Kier molecular flexibility index (Phi) is 16.3. The van der Waals surface area contributed by atoms with Gasteiger partial charge in [0.1, 0.15) is 29.9 Å². The maximum absolute atomic E-state index is 15.0. The number of aliphatic hydroxyl groups is 2. The van der Waals surface area contributed by atoms with Crippen LogP contribution >= 0.6 is 0 Å². The molecule has 4 aliphatic rings. The summed E-state index contributed by atoms with van der Waals surface area (Å²) < 4.78 is 32.6. The van der Waals surface area contributed by atoms with Gasteiger partial charge in [0.15, 0.2) is 0 Å². The molecule has 2 N–H and O–H groups in total. The first-order valence-corrected chi connectivity index (χ1v) is 23.2. The summed E-state index contributed by atoms with van der Waals surface area (Å²) >= 11 is 0. The molecule has 2 aliphatic heterocycles. The quantitative estimate of drug-likeness (QED) is 0.0573. The maximum atomic E-state index is 15.0. The van der Waals surface area contributed by atoms with E-state index in [1.165, 1.54) is 0 Å². The number of allylic oxidation sites excluding steroid dienone is 1. The van der Waals surface area contributed by atoms with Crippen molar-refractivity contribution >= 4 is 11.6 Å². The molecule has 340 valence electrons. The van der Waals surface area contributed by atoms with Gasteiger partial charge < -0.3 is 43.6 Å². The van der Waals surface area contributed by atoms with Crippen molar-refractivity contribution in [3.8, 4) is 17.2 Å². The number of hydrogen-bond donors (Lipinski definition) is 2. The molecule has 1 aromatic heterocycles. The number of aromatic nitrogens is 1. The highest BCUT2D eigenvalue weighted by atomic mass is 16.8. The minimum absolute atomic E-state index is 0.0587. The van der Waals surface area contributed by atoms with E-state index in [1.807, 2.05) is 66.4 Å². The van der Waals surface area contributed by atoms with E-state index in [2.05, 4.69) is 30.6 Å². The fourth-order valence-electron chi connectivity index (χ4n) is 10.2. The SMILES string of the molecule is C=CCOC12Oc3ccc(OCc4cccc(C)n4)cc3C3C(CCCCO)C(CCCCO)C=C(C(=NOC4CCCCO4)CC1N(CCC)C(=O)Cc1cccc(OC)c1)C32. The fourth-order valence-corrected chi connectivity index (χ4v) is 10.2. The van der Waals surface area contributed by atoms with Gasteiger partial charge in [-0.05, 0) is 117 Å². The van der Waals surface area contributed by atoms with E-state index in [9.17, 15) is 15.0 Å². The lowest BCUT2D eigenvalue weighted by atomic mass is 9.55. The van der Waals surface area contributed by atoms with Crippen molar-refractivity contribution < 1.29 is 43.5 Å². The van der Waals surface area contributed by atoms with Gasteiger partial charge in [0.05, 0.1) is 44.1 Å². The van der Waals surface area contributed by atoms with Crippen molar-refractivity contribution in [2.75, 3.05) is 40.1 Å². The largest absolute Gasteiger partial charge is 0.497 e. The second-order valence-corrected chi connectivity index (χ2v) is 17.3. The van der Waals surface area contributed by atoms with Crippen molar-refractivity contribution in [2.45, 2.75) is 122 Å². The number of oxime groups is 1. The Balaban J connectivity index is 1.41. The summed E-state index contributed by atoms with van der Waals surface area (Å²) in [4.78, 5) is 27.9. The number of hydrogen-bond acceptors (Lipinski definition) is 11. The van der Waals surface area contributed by atoms with Crippen LogP contribution < -0.4 is 14.2 Å². The third-order valence-electron chi connectivity index (χ3n) is 13.0. The van der Waals surface area contributed by atoms with Crippen LogP contribution in [0.25, 0.3) is 0 Å². The number of benzene rings is 2. The summed E-state index contributed by atoms with van der Waals surface area (Å²) in [6.07, 6.45) is 12.3. The average molecular weight is 866 g/mol. The molecule has 7 unspecified atom stereocenters. The van der Waals surface area contributed by atoms with Gasteiger partial charge in [0.2, 0.25) is 18.0 Å². The van der Waals surface area contributed by atoms with Crippen LogP contribution in [0.2, 0.25) is 0 Å². The number of unbranched alkanes of at least 4 members (excludes halogenated alkanes) is 2. The van der Waals surface area contributed by atoms with Crippen molar-refractivity contribution in [3.05, 3.63) is 107 Å². The van der Waals surface area contributed by atoms with Crippen LogP contribution in [-0.4, -0.2) is 89.9 Å². The van der Waals surface area contributed by atoms with Gasteiger partial charge in [0.25, 0.3) is 0 Å². The Labute approximate surface area is 373 Å². The van der Waals surface area contributed by atoms with Gasteiger partial charge >= 0.3 is 0 Å². The van der Waals surface area contributed by atoms with E-state index >= 15 is 0 Å². The first kappa shape index (κ1) is 46.2. The monoisotopic (exact) mass is 865 g/mol. The fraction of sp³-hybridized carbons (Fsp3) is 0.549. The van der Waals surface area contributed by atoms with Crippen molar-refractivity contribution in [3.63, 3.8) is 0 Å². The van der Waals surface area contributed by atoms with Gasteiger partial charge in [-0.25, -0.2) is 0 Å². The van der Waals surface area contributed by atoms with Crippen LogP contribution in [0, 0.1) is 24.7 Å². The lowest BCUT2D eigenvalue weighted by Crippen LogP contribution is -2.70. The Morgan fingerprint density at radius 2 is 1.86 bits per heavy atom. The molecule has 7 rings (SSSR count). The van der Waals surface area contributed by atoms with E-state index in [0.29, 0.717) is 62.7 Å². The number of amides is 1. The number of carbonyl (C=O) groups is 1. The van der Waals surface area contributed by atoms with Crippen LogP contribution in [-0.2, 0) is 32.1 Å². The van der Waals surface area contributed by atoms with Crippen molar-refractivity contribution in [2.24, 2.45) is 22.9 Å². The molecule has 3 aromatic rings. The molecule has 2 aromatic carbocycles. The molecule has 12 heteroatoms.